The minimum atomic E-state index is -0.330. The van der Waals surface area contributed by atoms with E-state index in [0.29, 0.717) is 5.56 Å². The molecule has 4 heteroatoms. The monoisotopic (exact) mass is 328 g/mol. The van der Waals surface area contributed by atoms with E-state index < -0.39 is 0 Å². The number of rotatable bonds is 3. The van der Waals surface area contributed by atoms with Crippen molar-refractivity contribution in [2.75, 3.05) is 13.1 Å². The highest BCUT2D eigenvalue weighted by Crippen LogP contribution is 2.33. The molecule has 2 N–H and O–H groups in total. The molecule has 2 rings (SSSR count). The maximum absolute atomic E-state index is 14.0. The van der Waals surface area contributed by atoms with E-state index in [1.165, 1.54) is 25.3 Å². The van der Waals surface area contributed by atoms with Crippen LogP contribution in [0.15, 0.2) is 22.7 Å². The highest BCUT2D eigenvalue weighted by Gasteiger charge is 2.35. The molecule has 1 saturated heterocycles. The predicted octanol–water partition coefficient (Wildman–Crippen LogP) is 3.85. The Balaban J connectivity index is 2.25. The van der Waals surface area contributed by atoms with Crippen LogP contribution in [0.1, 0.15) is 44.7 Å². The van der Waals surface area contributed by atoms with E-state index >= 15 is 0 Å². The fourth-order valence-corrected chi connectivity index (χ4v) is 3.18. The zero-order valence-corrected chi connectivity index (χ0v) is 13.2. The smallest absolute Gasteiger partial charge is 0.128 e. The van der Waals surface area contributed by atoms with Crippen LogP contribution in [-0.4, -0.2) is 23.5 Å². The van der Waals surface area contributed by atoms with E-state index in [2.05, 4.69) is 34.7 Å². The first-order valence-electron chi connectivity index (χ1n) is 6.88. The Morgan fingerprint density at radius 2 is 1.89 bits per heavy atom. The lowest BCUT2D eigenvalue weighted by atomic mass is 9.86. The minimum Gasteiger partial charge on any atom is -0.322 e. The molecule has 2 nitrogen and oxygen atoms in total. The number of hydrogen-bond donors (Lipinski definition) is 1. The van der Waals surface area contributed by atoms with E-state index in [4.69, 9.17) is 5.73 Å². The largest absolute Gasteiger partial charge is 0.322 e. The molecule has 1 unspecified atom stereocenters. The summed E-state index contributed by atoms with van der Waals surface area (Å²) in [6.45, 7) is 6.33. The van der Waals surface area contributed by atoms with Gasteiger partial charge in [0.2, 0.25) is 0 Å². The molecule has 1 heterocycles. The van der Waals surface area contributed by atoms with Gasteiger partial charge >= 0.3 is 0 Å². The van der Waals surface area contributed by atoms with Gasteiger partial charge in [-0.1, -0.05) is 22.4 Å². The Labute approximate surface area is 123 Å². The molecule has 1 aliphatic heterocycles. The quantitative estimate of drug-likeness (QED) is 0.913. The van der Waals surface area contributed by atoms with Crippen LogP contribution in [0.25, 0.3) is 0 Å². The second-order valence-corrected chi connectivity index (χ2v) is 6.76. The summed E-state index contributed by atoms with van der Waals surface area (Å²) in [5, 5.41) is 0. The average molecular weight is 329 g/mol. The fourth-order valence-electron chi connectivity index (χ4n) is 2.80. The SMILES string of the molecule is CC(C)(C(N)c1cc(Br)ccc1F)N1CCCCC1. The molecular weight excluding hydrogens is 307 g/mol. The van der Waals surface area contributed by atoms with Crippen LogP contribution in [0.2, 0.25) is 0 Å². The standard InChI is InChI=1S/C15H22BrFN2/c1-15(2,19-8-4-3-5-9-19)14(18)12-10-11(16)6-7-13(12)17/h6-7,10,14H,3-5,8-9,18H2,1-2H3. The molecule has 0 amide bonds. The van der Waals surface area contributed by atoms with Crippen molar-refractivity contribution in [2.45, 2.75) is 44.7 Å². The van der Waals surface area contributed by atoms with Crippen molar-refractivity contribution in [2.24, 2.45) is 5.73 Å². The molecule has 0 radical (unpaired) electrons. The Kier molecular flexibility index (Phi) is 4.64. The van der Waals surface area contributed by atoms with Gasteiger partial charge in [0.15, 0.2) is 0 Å². The van der Waals surface area contributed by atoms with Crippen LogP contribution in [0.4, 0.5) is 4.39 Å². The number of nitrogens with two attached hydrogens (primary N) is 1. The number of halogens is 2. The first kappa shape index (κ1) is 14.9. The van der Waals surface area contributed by atoms with Gasteiger partial charge in [0.25, 0.3) is 0 Å². The number of hydrogen-bond acceptors (Lipinski definition) is 2. The van der Waals surface area contributed by atoms with Crippen molar-refractivity contribution < 1.29 is 4.39 Å². The van der Waals surface area contributed by atoms with Crippen molar-refractivity contribution in [1.29, 1.82) is 0 Å². The third kappa shape index (κ3) is 3.18. The van der Waals surface area contributed by atoms with Crippen LogP contribution in [0.5, 0.6) is 0 Å². The molecule has 0 spiro atoms. The van der Waals surface area contributed by atoms with Gasteiger partial charge in [0.05, 0.1) is 6.04 Å². The van der Waals surface area contributed by atoms with Gasteiger partial charge in [-0.25, -0.2) is 4.39 Å². The molecule has 1 aromatic rings. The molecule has 1 aliphatic rings. The van der Waals surface area contributed by atoms with Crippen LogP contribution in [0.3, 0.4) is 0 Å². The zero-order valence-electron chi connectivity index (χ0n) is 11.6. The first-order chi connectivity index (χ1) is 8.93. The van der Waals surface area contributed by atoms with Crippen LogP contribution >= 0.6 is 15.9 Å². The van der Waals surface area contributed by atoms with Gasteiger partial charge in [-0.2, -0.15) is 0 Å². The molecule has 1 fully saturated rings. The van der Waals surface area contributed by atoms with Crippen molar-refractivity contribution in [1.82, 2.24) is 4.90 Å². The van der Waals surface area contributed by atoms with Gasteiger partial charge in [0.1, 0.15) is 5.82 Å². The molecule has 0 aromatic heterocycles. The molecule has 0 aliphatic carbocycles. The summed E-state index contributed by atoms with van der Waals surface area (Å²) in [4.78, 5) is 2.39. The van der Waals surface area contributed by atoms with Crippen LogP contribution < -0.4 is 5.73 Å². The van der Waals surface area contributed by atoms with Gasteiger partial charge in [0, 0.05) is 15.6 Å². The molecule has 19 heavy (non-hydrogen) atoms. The number of benzene rings is 1. The number of nitrogens with zero attached hydrogens (tertiary/aromatic N) is 1. The van der Waals surface area contributed by atoms with Crippen molar-refractivity contribution in [3.8, 4) is 0 Å². The normalized spacial score (nSPS) is 19.4. The summed E-state index contributed by atoms with van der Waals surface area (Å²) < 4.78 is 14.9. The van der Waals surface area contributed by atoms with E-state index in [1.54, 1.807) is 12.1 Å². The molecule has 1 aromatic carbocycles. The predicted molar refractivity (Wildman–Crippen MR) is 80.5 cm³/mol. The third-order valence-corrected chi connectivity index (χ3v) is 4.72. The Bertz CT molecular complexity index is 442. The first-order valence-corrected chi connectivity index (χ1v) is 7.68. The summed E-state index contributed by atoms with van der Waals surface area (Å²) >= 11 is 3.39. The van der Waals surface area contributed by atoms with Gasteiger partial charge in [-0.3, -0.25) is 4.90 Å². The maximum Gasteiger partial charge on any atom is 0.128 e. The highest BCUT2D eigenvalue weighted by molar-refractivity contribution is 9.10. The Hall–Kier alpha value is -0.450. The lowest BCUT2D eigenvalue weighted by Crippen LogP contribution is -2.53. The number of piperidine rings is 1. The van der Waals surface area contributed by atoms with Gasteiger partial charge in [-0.15, -0.1) is 0 Å². The lowest BCUT2D eigenvalue weighted by Gasteiger charge is -2.44. The summed E-state index contributed by atoms with van der Waals surface area (Å²) in [6.07, 6.45) is 3.70. The Morgan fingerprint density at radius 3 is 2.53 bits per heavy atom. The second-order valence-electron chi connectivity index (χ2n) is 5.84. The molecule has 1 atom stereocenters. The summed E-state index contributed by atoms with van der Waals surface area (Å²) in [7, 11) is 0. The Morgan fingerprint density at radius 1 is 1.26 bits per heavy atom. The van der Waals surface area contributed by atoms with Crippen molar-refractivity contribution in [3.63, 3.8) is 0 Å². The van der Waals surface area contributed by atoms with E-state index in [9.17, 15) is 4.39 Å². The molecule has 0 bridgehead atoms. The van der Waals surface area contributed by atoms with Gasteiger partial charge < -0.3 is 5.73 Å². The van der Waals surface area contributed by atoms with Gasteiger partial charge in [-0.05, 0) is 58.0 Å². The van der Waals surface area contributed by atoms with Crippen LogP contribution in [-0.2, 0) is 0 Å². The van der Waals surface area contributed by atoms with E-state index in [-0.39, 0.29) is 17.4 Å². The second kappa shape index (κ2) is 5.90. The third-order valence-electron chi connectivity index (χ3n) is 4.23. The highest BCUT2D eigenvalue weighted by atomic mass is 79.9. The fraction of sp³-hybridized carbons (Fsp3) is 0.600. The lowest BCUT2D eigenvalue weighted by molar-refractivity contribution is 0.0719. The molecule has 0 saturated carbocycles. The maximum atomic E-state index is 14.0. The summed E-state index contributed by atoms with van der Waals surface area (Å²) in [5.41, 5.74) is 6.72. The number of likely N-dealkylation sites (tertiary alicyclic amines) is 1. The van der Waals surface area contributed by atoms with E-state index in [1.807, 2.05) is 0 Å². The zero-order chi connectivity index (χ0) is 14.0. The van der Waals surface area contributed by atoms with Crippen molar-refractivity contribution in [3.05, 3.63) is 34.1 Å². The molecule has 106 valence electrons. The minimum absolute atomic E-state index is 0.221. The van der Waals surface area contributed by atoms with Crippen LogP contribution in [0, 0.1) is 5.82 Å². The van der Waals surface area contributed by atoms with E-state index in [0.717, 1.165) is 17.6 Å². The van der Waals surface area contributed by atoms with Crippen molar-refractivity contribution >= 4 is 15.9 Å². The topological polar surface area (TPSA) is 29.3 Å². The summed E-state index contributed by atoms with van der Waals surface area (Å²) in [6, 6.07) is 4.65. The summed E-state index contributed by atoms with van der Waals surface area (Å²) in [5.74, 6) is -0.221. The average Bonchev–Trinajstić information content (AvgIpc) is 2.41. The molecular formula is C15H22BrFN2.